The summed E-state index contributed by atoms with van der Waals surface area (Å²) in [6.45, 7) is -0.0931. The van der Waals surface area contributed by atoms with Crippen molar-refractivity contribution in [3.63, 3.8) is 0 Å². The molecule has 0 fully saturated rings. The fraction of sp³-hybridized carbons (Fsp3) is 0.0909. The summed E-state index contributed by atoms with van der Waals surface area (Å²) in [5.41, 5.74) is 1.09. The van der Waals surface area contributed by atoms with Crippen LogP contribution in [0.25, 0.3) is 0 Å². The number of thioether (sulfide) groups is 1. The van der Waals surface area contributed by atoms with E-state index in [4.69, 9.17) is 27.9 Å². The van der Waals surface area contributed by atoms with Gasteiger partial charge in [0.2, 0.25) is 5.91 Å². The molecule has 0 saturated carbocycles. The van der Waals surface area contributed by atoms with Gasteiger partial charge >= 0.3 is 0 Å². The molecule has 0 spiro atoms. The zero-order valence-electron chi connectivity index (χ0n) is 15.7. The second-order valence-corrected chi connectivity index (χ2v) is 7.95. The molecule has 3 rings (SSSR count). The third kappa shape index (κ3) is 6.69. The van der Waals surface area contributed by atoms with Crippen LogP contribution in [0.3, 0.4) is 0 Å². The summed E-state index contributed by atoms with van der Waals surface area (Å²) in [5.74, 6) is 0.323. The van der Waals surface area contributed by atoms with Gasteiger partial charge in [0.25, 0.3) is 5.91 Å². The predicted octanol–water partition coefficient (Wildman–Crippen LogP) is 5.74. The Morgan fingerprint density at radius 2 is 1.63 bits per heavy atom. The lowest BCUT2D eigenvalue weighted by atomic mass is 10.3. The first-order valence-corrected chi connectivity index (χ1v) is 10.7. The summed E-state index contributed by atoms with van der Waals surface area (Å²) in [6, 6.07) is 21.4. The Hall–Kier alpha value is -2.67. The van der Waals surface area contributed by atoms with Crippen molar-refractivity contribution < 1.29 is 14.3 Å². The summed E-state index contributed by atoms with van der Waals surface area (Å²) in [7, 11) is 0. The minimum absolute atomic E-state index is 0.0931. The second-order valence-electron chi connectivity index (χ2n) is 6.12. The van der Waals surface area contributed by atoms with Crippen LogP contribution >= 0.6 is 35.0 Å². The maximum absolute atomic E-state index is 12.2. The minimum atomic E-state index is -0.269. The Balaban J connectivity index is 1.49. The van der Waals surface area contributed by atoms with E-state index >= 15 is 0 Å². The highest BCUT2D eigenvalue weighted by Crippen LogP contribution is 2.30. The normalized spacial score (nSPS) is 10.3. The van der Waals surface area contributed by atoms with Crippen molar-refractivity contribution >= 4 is 58.2 Å². The lowest BCUT2D eigenvalue weighted by molar-refractivity contribution is -0.118. The molecule has 0 aliphatic carbocycles. The standard InChI is InChI=1S/C22H18Cl2N2O3S/c23-18-10-5-11-19(22(18)24)26-21(28)14-30-17-9-4-6-15(12-17)25-20(27)13-29-16-7-2-1-3-8-16/h1-12H,13-14H2,(H,25,27)(H,26,28). The fourth-order valence-corrected chi connectivity index (χ4v) is 3.56. The van der Waals surface area contributed by atoms with Gasteiger partial charge in [0.05, 0.1) is 21.5 Å². The highest BCUT2D eigenvalue weighted by molar-refractivity contribution is 8.00. The number of hydrogen-bond donors (Lipinski definition) is 2. The Kier molecular flexibility index (Phi) is 8.02. The third-order valence-electron chi connectivity index (χ3n) is 3.83. The number of para-hydroxylation sites is 1. The van der Waals surface area contributed by atoms with Crippen molar-refractivity contribution in [2.75, 3.05) is 23.0 Å². The van der Waals surface area contributed by atoms with Gasteiger partial charge in [0, 0.05) is 10.6 Å². The Bertz CT molecular complexity index is 1030. The zero-order chi connectivity index (χ0) is 21.3. The highest BCUT2D eigenvalue weighted by Gasteiger charge is 2.10. The fourth-order valence-electron chi connectivity index (χ4n) is 2.46. The van der Waals surface area contributed by atoms with E-state index in [1.54, 1.807) is 42.5 Å². The summed E-state index contributed by atoms with van der Waals surface area (Å²) >= 11 is 13.4. The number of rotatable bonds is 8. The van der Waals surface area contributed by atoms with Crippen LogP contribution in [0.15, 0.2) is 77.7 Å². The van der Waals surface area contributed by atoms with Gasteiger partial charge in [-0.15, -0.1) is 11.8 Å². The molecule has 30 heavy (non-hydrogen) atoms. The molecule has 2 amide bonds. The number of carbonyl (C=O) groups is 2. The van der Waals surface area contributed by atoms with E-state index in [2.05, 4.69) is 10.6 Å². The molecule has 2 N–H and O–H groups in total. The molecule has 154 valence electrons. The third-order valence-corrected chi connectivity index (χ3v) is 5.64. The number of benzene rings is 3. The van der Waals surface area contributed by atoms with E-state index in [0.29, 0.717) is 27.2 Å². The van der Waals surface area contributed by atoms with E-state index in [9.17, 15) is 9.59 Å². The smallest absolute Gasteiger partial charge is 0.262 e. The first-order valence-electron chi connectivity index (χ1n) is 8.95. The van der Waals surface area contributed by atoms with Crippen molar-refractivity contribution in [1.29, 1.82) is 0 Å². The molecule has 0 atom stereocenters. The van der Waals surface area contributed by atoms with Crippen molar-refractivity contribution in [3.05, 3.63) is 82.8 Å². The van der Waals surface area contributed by atoms with Crippen LogP contribution in [-0.4, -0.2) is 24.2 Å². The molecule has 8 heteroatoms. The molecule has 0 radical (unpaired) electrons. The quantitative estimate of drug-likeness (QED) is 0.420. The largest absolute Gasteiger partial charge is 0.484 e. The number of nitrogens with one attached hydrogen (secondary N) is 2. The van der Waals surface area contributed by atoms with Crippen molar-refractivity contribution in [2.24, 2.45) is 0 Å². The summed E-state index contributed by atoms with van der Waals surface area (Å²) in [6.07, 6.45) is 0. The van der Waals surface area contributed by atoms with Crippen molar-refractivity contribution in [1.82, 2.24) is 0 Å². The molecule has 0 aliphatic rings. The summed E-state index contributed by atoms with van der Waals surface area (Å²) in [5, 5.41) is 6.20. The molecule has 0 aromatic heterocycles. The maximum atomic E-state index is 12.2. The first kappa shape index (κ1) is 22.0. The molecule has 0 unspecified atom stereocenters. The van der Waals surface area contributed by atoms with E-state index in [1.165, 1.54) is 11.8 Å². The molecule has 3 aromatic carbocycles. The lowest BCUT2D eigenvalue weighted by Crippen LogP contribution is -2.20. The van der Waals surface area contributed by atoms with E-state index in [-0.39, 0.29) is 24.2 Å². The van der Waals surface area contributed by atoms with Crippen LogP contribution in [0.2, 0.25) is 10.0 Å². The van der Waals surface area contributed by atoms with Crippen molar-refractivity contribution in [2.45, 2.75) is 4.90 Å². The van der Waals surface area contributed by atoms with Gasteiger partial charge in [-0.25, -0.2) is 0 Å². The van der Waals surface area contributed by atoms with E-state index in [0.717, 1.165) is 4.90 Å². The van der Waals surface area contributed by atoms with Gasteiger partial charge in [0.15, 0.2) is 6.61 Å². The average Bonchev–Trinajstić information content (AvgIpc) is 2.75. The monoisotopic (exact) mass is 460 g/mol. The van der Waals surface area contributed by atoms with E-state index in [1.807, 2.05) is 30.3 Å². The molecule has 0 heterocycles. The Labute approximate surface area is 188 Å². The van der Waals surface area contributed by atoms with E-state index < -0.39 is 0 Å². The molecule has 0 bridgehead atoms. The van der Waals surface area contributed by atoms with Crippen LogP contribution in [0.5, 0.6) is 5.75 Å². The highest BCUT2D eigenvalue weighted by atomic mass is 35.5. The van der Waals surface area contributed by atoms with Crippen LogP contribution in [0, 0.1) is 0 Å². The Morgan fingerprint density at radius 1 is 0.867 bits per heavy atom. The van der Waals surface area contributed by atoms with Gasteiger partial charge in [-0.3, -0.25) is 9.59 Å². The van der Waals surface area contributed by atoms with Crippen LogP contribution in [0.1, 0.15) is 0 Å². The lowest BCUT2D eigenvalue weighted by Gasteiger charge is -2.10. The summed E-state index contributed by atoms with van der Waals surface area (Å²) in [4.78, 5) is 25.1. The molecule has 3 aromatic rings. The SMILES string of the molecule is O=C(COc1ccccc1)Nc1cccc(SCC(=O)Nc2cccc(Cl)c2Cl)c1. The molecule has 0 saturated heterocycles. The first-order chi connectivity index (χ1) is 14.5. The van der Waals surface area contributed by atoms with Crippen LogP contribution in [-0.2, 0) is 9.59 Å². The van der Waals surface area contributed by atoms with Gasteiger partial charge in [-0.1, -0.05) is 53.5 Å². The topological polar surface area (TPSA) is 67.4 Å². The number of amides is 2. The van der Waals surface area contributed by atoms with Gasteiger partial charge < -0.3 is 15.4 Å². The van der Waals surface area contributed by atoms with Crippen LogP contribution in [0.4, 0.5) is 11.4 Å². The van der Waals surface area contributed by atoms with Gasteiger partial charge in [0.1, 0.15) is 5.75 Å². The van der Waals surface area contributed by atoms with Gasteiger partial charge in [-0.05, 0) is 42.5 Å². The zero-order valence-corrected chi connectivity index (χ0v) is 18.1. The number of halogens is 2. The number of ether oxygens (including phenoxy) is 1. The number of anilines is 2. The predicted molar refractivity (Wildman–Crippen MR) is 123 cm³/mol. The summed E-state index contributed by atoms with van der Waals surface area (Å²) < 4.78 is 5.43. The maximum Gasteiger partial charge on any atom is 0.262 e. The van der Waals surface area contributed by atoms with Crippen molar-refractivity contribution in [3.8, 4) is 5.75 Å². The van der Waals surface area contributed by atoms with Crippen LogP contribution < -0.4 is 15.4 Å². The molecule has 5 nitrogen and oxygen atoms in total. The number of hydrogen-bond acceptors (Lipinski definition) is 4. The second kappa shape index (κ2) is 10.9. The molecule has 0 aliphatic heterocycles. The average molecular weight is 461 g/mol. The number of carbonyl (C=O) groups excluding carboxylic acids is 2. The van der Waals surface area contributed by atoms with Gasteiger partial charge in [-0.2, -0.15) is 0 Å². The minimum Gasteiger partial charge on any atom is -0.484 e. The molecular formula is C22H18Cl2N2O3S. The molecular weight excluding hydrogens is 443 g/mol. The Morgan fingerprint density at radius 3 is 2.43 bits per heavy atom.